The number of carbonyl (C=O) groups excluding carboxylic acids is 2. The minimum atomic E-state index is -1.54. The van der Waals surface area contributed by atoms with Gasteiger partial charge in [0.15, 0.2) is 11.4 Å². The Balaban J connectivity index is 1.60. The van der Waals surface area contributed by atoms with Crippen LogP contribution in [0.5, 0.6) is 0 Å². The molecule has 1 aliphatic rings. The number of primary amides is 1. The standard InChI is InChI=1S/C25H29N3O5/c1-24(2)31-15-20(21(32-24)16-9-5-4-6-10-16)28-22(29)25(3,33-23(26)30)13-17-14-27-19-12-8-7-11-18(17)19/h4-12,14,20-21,27H,13,15H2,1-3H3,(H2,26,30)(H,28,29). The largest absolute Gasteiger partial charge is 0.433 e. The summed E-state index contributed by atoms with van der Waals surface area (Å²) in [7, 11) is 0. The first-order valence-corrected chi connectivity index (χ1v) is 10.9. The Hall–Kier alpha value is -3.36. The van der Waals surface area contributed by atoms with Crippen molar-refractivity contribution in [1.29, 1.82) is 0 Å². The van der Waals surface area contributed by atoms with Crippen LogP contribution in [-0.2, 0) is 25.4 Å². The van der Waals surface area contributed by atoms with Gasteiger partial charge in [0.2, 0.25) is 0 Å². The number of benzene rings is 2. The zero-order valence-electron chi connectivity index (χ0n) is 19.0. The van der Waals surface area contributed by atoms with Crippen molar-refractivity contribution in [1.82, 2.24) is 10.3 Å². The number of aromatic nitrogens is 1. The second kappa shape index (κ2) is 8.88. The van der Waals surface area contributed by atoms with Crippen LogP contribution in [0.3, 0.4) is 0 Å². The highest BCUT2D eigenvalue weighted by Gasteiger charge is 2.43. The van der Waals surface area contributed by atoms with Gasteiger partial charge in [0.1, 0.15) is 6.10 Å². The second-order valence-electron chi connectivity index (χ2n) is 8.93. The average molecular weight is 452 g/mol. The Labute approximate surface area is 192 Å². The molecule has 33 heavy (non-hydrogen) atoms. The molecule has 4 rings (SSSR count). The predicted molar refractivity (Wildman–Crippen MR) is 123 cm³/mol. The lowest BCUT2D eigenvalue weighted by atomic mass is 9.93. The normalized spacial score (nSPS) is 21.8. The van der Waals surface area contributed by atoms with Crippen molar-refractivity contribution < 1.29 is 23.8 Å². The molecule has 1 aliphatic heterocycles. The summed E-state index contributed by atoms with van der Waals surface area (Å²) in [4.78, 5) is 28.4. The molecule has 3 unspecified atom stereocenters. The number of fused-ring (bicyclic) bond motifs is 1. The summed E-state index contributed by atoms with van der Waals surface area (Å²) in [6.07, 6.45) is 0.485. The first-order chi connectivity index (χ1) is 15.7. The molecule has 1 fully saturated rings. The molecule has 8 heteroatoms. The smallest absolute Gasteiger partial charge is 0.405 e. The number of ether oxygens (including phenoxy) is 3. The third-order valence-corrected chi connectivity index (χ3v) is 5.84. The van der Waals surface area contributed by atoms with Gasteiger partial charge in [-0.1, -0.05) is 48.5 Å². The third kappa shape index (κ3) is 5.02. The van der Waals surface area contributed by atoms with E-state index in [0.717, 1.165) is 22.0 Å². The molecule has 2 aromatic carbocycles. The number of rotatable bonds is 6. The SMILES string of the molecule is CC1(C)OCC(NC(=O)C(C)(Cc2c[nH]c3ccccc23)OC(N)=O)C(c2ccccc2)O1. The lowest BCUT2D eigenvalue weighted by molar-refractivity contribution is -0.285. The fourth-order valence-electron chi connectivity index (χ4n) is 4.21. The topological polar surface area (TPSA) is 116 Å². The van der Waals surface area contributed by atoms with Gasteiger partial charge in [-0.25, -0.2) is 4.79 Å². The maximum atomic E-state index is 13.5. The molecule has 0 spiro atoms. The van der Waals surface area contributed by atoms with Gasteiger partial charge in [-0.15, -0.1) is 0 Å². The fourth-order valence-corrected chi connectivity index (χ4v) is 4.21. The highest BCUT2D eigenvalue weighted by atomic mass is 16.7. The van der Waals surface area contributed by atoms with Crippen LogP contribution in [0.2, 0.25) is 0 Å². The molecule has 0 saturated carbocycles. The van der Waals surface area contributed by atoms with E-state index in [1.165, 1.54) is 0 Å². The summed E-state index contributed by atoms with van der Waals surface area (Å²) >= 11 is 0. The van der Waals surface area contributed by atoms with Gasteiger partial charge in [0.25, 0.3) is 5.91 Å². The molecular weight excluding hydrogens is 422 g/mol. The van der Waals surface area contributed by atoms with Crippen LogP contribution in [0.15, 0.2) is 60.8 Å². The summed E-state index contributed by atoms with van der Waals surface area (Å²) in [6, 6.07) is 16.8. The average Bonchev–Trinajstić information content (AvgIpc) is 3.17. The maximum absolute atomic E-state index is 13.5. The molecule has 4 N–H and O–H groups in total. The summed E-state index contributed by atoms with van der Waals surface area (Å²) in [5.74, 6) is -1.29. The summed E-state index contributed by atoms with van der Waals surface area (Å²) in [6.45, 7) is 5.45. The first kappa shape index (κ1) is 22.8. The van der Waals surface area contributed by atoms with Crippen LogP contribution in [-0.4, -0.2) is 41.0 Å². The van der Waals surface area contributed by atoms with Crippen LogP contribution in [0.4, 0.5) is 4.79 Å². The van der Waals surface area contributed by atoms with Gasteiger partial charge in [0.05, 0.1) is 12.6 Å². The predicted octanol–water partition coefficient (Wildman–Crippen LogP) is 3.57. The van der Waals surface area contributed by atoms with Crippen LogP contribution in [0.1, 0.15) is 38.0 Å². The Morgan fingerprint density at radius 1 is 1.18 bits per heavy atom. The van der Waals surface area contributed by atoms with Gasteiger partial charge in [0, 0.05) is 23.5 Å². The molecule has 0 bridgehead atoms. The fraction of sp³-hybridized carbons (Fsp3) is 0.360. The third-order valence-electron chi connectivity index (χ3n) is 5.84. The lowest BCUT2D eigenvalue weighted by Crippen LogP contribution is -2.58. The molecule has 1 aromatic heterocycles. The Morgan fingerprint density at radius 3 is 2.61 bits per heavy atom. The number of aromatic amines is 1. The molecule has 2 heterocycles. The minimum Gasteiger partial charge on any atom is -0.433 e. The zero-order chi connectivity index (χ0) is 23.6. The molecule has 2 amide bonds. The van der Waals surface area contributed by atoms with Gasteiger partial charge in [-0.2, -0.15) is 0 Å². The van der Waals surface area contributed by atoms with Crippen molar-refractivity contribution >= 4 is 22.9 Å². The molecule has 0 aliphatic carbocycles. The van der Waals surface area contributed by atoms with Crippen LogP contribution < -0.4 is 11.1 Å². The van der Waals surface area contributed by atoms with Gasteiger partial charge in [-0.3, -0.25) is 4.79 Å². The van der Waals surface area contributed by atoms with Gasteiger partial charge >= 0.3 is 6.09 Å². The maximum Gasteiger partial charge on any atom is 0.405 e. The van der Waals surface area contributed by atoms with E-state index in [4.69, 9.17) is 19.9 Å². The Kier molecular flexibility index (Phi) is 6.14. The van der Waals surface area contributed by atoms with E-state index in [0.29, 0.717) is 0 Å². The highest BCUT2D eigenvalue weighted by Crippen LogP contribution is 2.34. The number of carbonyl (C=O) groups is 2. The Morgan fingerprint density at radius 2 is 1.88 bits per heavy atom. The zero-order valence-corrected chi connectivity index (χ0v) is 19.0. The Bertz CT molecular complexity index is 1140. The minimum absolute atomic E-state index is 0.141. The number of hydrogen-bond acceptors (Lipinski definition) is 5. The molecule has 1 saturated heterocycles. The molecule has 0 radical (unpaired) electrons. The van der Waals surface area contributed by atoms with E-state index in [-0.39, 0.29) is 13.0 Å². The monoisotopic (exact) mass is 451 g/mol. The van der Waals surface area contributed by atoms with E-state index >= 15 is 0 Å². The van der Waals surface area contributed by atoms with Crippen molar-refractivity contribution in [2.24, 2.45) is 5.73 Å². The van der Waals surface area contributed by atoms with E-state index in [9.17, 15) is 9.59 Å². The van der Waals surface area contributed by atoms with Gasteiger partial charge < -0.3 is 30.2 Å². The van der Waals surface area contributed by atoms with E-state index in [2.05, 4.69) is 10.3 Å². The molecule has 3 atom stereocenters. The number of nitrogens with one attached hydrogen (secondary N) is 2. The van der Waals surface area contributed by atoms with Crippen LogP contribution in [0.25, 0.3) is 10.9 Å². The van der Waals surface area contributed by atoms with Crippen molar-refractivity contribution in [2.45, 2.75) is 50.7 Å². The number of para-hydroxylation sites is 1. The van der Waals surface area contributed by atoms with E-state index in [1.807, 2.05) is 74.6 Å². The summed E-state index contributed by atoms with van der Waals surface area (Å²) in [5.41, 5.74) is 6.48. The van der Waals surface area contributed by atoms with Crippen molar-refractivity contribution in [3.05, 3.63) is 71.9 Å². The molecule has 174 valence electrons. The van der Waals surface area contributed by atoms with Crippen LogP contribution in [0, 0.1) is 0 Å². The highest BCUT2D eigenvalue weighted by molar-refractivity contribution is 5.89. The molecule has 8 nitrogen and oxygen atoms in total. The quantitative estimate of drug-likeness (QED) is 0.530. The number of hydrogen-bond donors (Lipinski definition) is 3. The first-order valence-electron chi connectivity index (χ1n) is 10.9. The summed E-state index contributed by atoms with van der Waals surface area (Å²) in [5, 5.41) is 3.92. The van der Waals surface area contributed by atoms with Crippen LogP contribution >= 0.6 is 0 Å². The lowest BCUT2D eigenvalue weighted by Gasteiger charge is -2.42. The number of amides is 2. The van der Waals surface area contributed by atoms with Crippen molar-refractivity contribution in [3.8, 4) is 0 Å². The number of H-pyrrole nitrogens is 1. The van der Waals surface area contributed by atoms with E-state index in [1.54, 1.807) is 6.92 Å². The second-order valence-corrected chi connectivity index (χ2v) is 8.93. The van der Waals surface area contributed by atoms with Crippen molar-refractivity contribution in [3.63, 3.8) is 0 Å². The van der Waals surface area contributed by atoms with Crippen molar-refractivity contribution in [2.75, 3.05) is 6.61 Å². The van der Waals surface area contributed by atoms with Gasteiger partial charge in [-0.05, 0) is 38.0 Å². The molecule has 3 aromatic rings. The molecular formula is C25H29N3O5. The van der Waals surface area contributed by atoms with E-state index < -0.39 is 35.5 Å². The summed E-state index contributed by atoms with van der Waals surface area (Å²) < 4.78 is 17.3. The number of nitrogens with two attached hydrogens (primary N) is 1.